The summed E-state index contributed by atoms with van der Waals surface area (Å²) in [5, 5.41) is 1.91. The average molecular weight is 607 g/mol. The van der Waals surface area contributed by atoms with Crippen molar-refractivity contribution in [3.05, 3.63) is 171 Å². The van der Waals surface area contributed by atoms with E-state index < -0.39 is 0 Å². The van der Waals surface area contributed by atoms with Crippen molar-refractivity contribution in [3.63, 3.8) is 0 Å². The van der Waals surface area contributed by atoms with Gasteiger partial charge in [-0.1, -0.05) is 104 Å². The molecule has 0 radical (unpaired) electrons. The van der Waals surface area contributed by atoms with Gasteiger partial charge in [0.05, 0.1) is 0 Å². The first kappa shape index (κ1) is 29.2. The molecule has 0 fully saturated rings. The van der Waals surface area contributed by atoms with Gasteiger partial charge in [0.15, 0.2) is 11.6 Å². The van der Waals surface area contributed by atoms with Gasteiger partial charge < -0.3 is 5.73 Å². The summed E-state index contributed by atoms with van der Waals surface area (Å²) in [6.07, 6.45) is 12.0. The molecule has 0 aliphatic carbocycles. The zero-order valence-corrected chi connectivity index (χ0v) is 25.5. The first-order valence-electron chi connectivity index (χ1n) is 15.2. The number of allylic oxidation sites excluding steroid dienone is 2. The third kappa shape index (κ3) is 5.72. The molecule has 47 heavy (non-hydrogen) atoms. The van der Waals surface area contributed by atoms with E-state index in [1.165, 1.54) is 0 Å². The predicted octanol–water partition coefficient (Wildman–Crippen LogP) is 9.16. The normalized spacial score (nSPS) is 11.6. The van der Waals surface area contributed by atoms with Crippen LogP contribution in [-0.4, -0.2) is 25.8 Å². The minimum absolute atomic E-state index is 0.303. The summed E-state index contributed by atoms with van der Waals surface area (Å²) in [4.78, 5) is 23.5. The lowest BCUT2D eigenvalue weighted by Gasteiger charge is -2.23. The molecule has 6 heteroatoms. The lowest BCUT2D eigenvalue weighted by molar-refractivity contribution is 1.15. The Bertz CT molecular complexity index is 2230. The number of nitrogens with zero attached hydrogens (tertiary/aromatic N) is 5. The molecule has 2 N–H and O–H groups in total. The average Bonchev–Trinajstić information content (AvgIpc) is 3.15. The van der Waals surface area contributed by atoms with Crippen LogP contribution >= 0.6 is 0 Å². The van der Waals surface area contributed by atoms with Crippen LogP contribution in [0, 0.1) is 0 Å². The molecule has 2 heterocycles. The number of amidine groups is 1. The Labute approximate surface area is 273 Å². The zero-order chi connectivity index (χ0) is 32.0. The van der Waals surface area contributed by atoms with Crippen molar-refractivity contribution in [2.24, 2.45) is 10.7 Å². The summed E-state index contributed by atoms with van der Waals surface area (Å²) in [5.41, 5.74) is 15.4. The van der Waals surface area contributed by atoms with E-state index >= 15 is 0 Å². The molecular weight excluding hydrogens is 576 g/mol. The Morgan fingerprint density at radius 3 is 1.60 bits per heavy atom. The monoisotopic (exact) mass is 606 g/mol. The predicted molar refractivity (Wildman–Crippen MR) is 192 cm³/mol. The number of benzene rings is 5. The highest BCUT2D eigenvalue weighted by molar-refractivity contribution is 6.20. The summed E-state index contributed by atoms with van der Waals surface area (Å²) < 4.78 is 0. The molecule has 0 saturated heterocycles. The van der Waals surface area contributed by atoms with Crippen LogP contribution in [0.5, 0.6) is 0 Å². The highest BCUT2D eigenvalue weighted by atomic mass is 14.9. The van der Waals surface area contributed by atoms with Gasteiger partial charge in [0.1, 0.15) is 5.84 Å². The fourth-order valence-corrected chi connectivity index (χ4v) is 5.97. The van der Waals surface area contributed by atoms with Gasteiger partial charge in [0.25, 0.3) is 0 Å². The zero-order valence-electron chi connectivity index (χ0n) is 25.5. The fourth-order valence-electron chi connectivity index (χ4n) is 5.97. The molecule has 0 aliphatic rings. The number of fused-ring (bicyclic) bond motifs is 1. The van der Waals surface area contributed by atoms with Gasteiger partial charge in [-0.15, -0.1) is 0 Å². The third-order valence-electron chi connectivity index (χ3n) is 7.95. The molecule has 0 unspecified atom stereocenters. The van der Waals surface area contributed by atoms with Crippen molar-refractivity contribution in [1.82, 2.24) is 19.9 Å². The van der Waals surface area contributed by atoms with Crippen LogP contribution in [-0.2, 0) is 0 Å². The van der Waals surface area contributed by atoms with Crippen molar-refractivity contribution in [1.29, 1.82) is 0 Å². The van der Waals surface area contributed by atoms with Gasteiger partial charge in [0, 0.05) is 47.7 Å². The van der Waals surface area contributed by atoms with Gasteiger partial charge in [-0.25, -0.2) is 24.9 Å². The molecule has 224 valence electrons. The Kier molecular flexibility index (Phi) is 8.21. The second kappa shape index (κ2) is 13.2. The van der Waals surface area contributed by atoms with Crippen molar-refractivity contribution < 1.29 is 0 Å². The molecular formula is C41H30N6. The molecule has 0 aliphatic heterocycles. The van der Waals surface area contributed by atoms with E-state index in [-0.39, 0.29) is 0 Å². The standard InChI is InChI=1S/C41H30N6/c1-2-3-21-43-39(42)34-27-32-33(37(40-44-22-13-23-45-40)38(34)41-46-24-14-25-47-41)26-31(28-15-7-4-8-16-28)35(29-17-9-5-10-18-29)36(32)30-19-11-6-12-20-30/h2-27H,1H2,(H2,42,43)/b21-3-. The van der Waals surface area contributed by atoms with E-state index in [4.69, 9.17) is 25.7 Å². The number of hydrogen-bond acceptors (Lipinski definition) is 5. The molecule has 0 amide bonds. The van der Waals surface area contributed by atoms with E-state index in [0.717, 1.165) is 49.7 Å². The first-order valence-corrected chi connectivity index (χ1v) is 15.2. The first-order chi connectivity index (χ1) is 23.2. The molecule has 0 spiro atoms. The maximum Gasteiger partial charge on any atom is 0.160 e. The van der Waals surface area contributed by atoms with Crippen molar-refractivity contribution in [2.75, 3.05) is 0 Å². The van der Waals surface area contributed by atoms with Gasteiger partial charge in [-0.05, 0) is 74.5 Å². The Morgan fingerprint density at radius 2 is 1.04 bits per heavy atom. The lowest BCUT2D eigenvalue weighted by atomic mass is 9.81. The molecule has 0 bridgehead atoms. The highest BCUT2D eigenvalue weighted by Crippen LogP contribution is 2.49. The van der Waals surface area contributed by atoms with E-state index in [1.54, 1.807) is 49.2 Å². The second-order valence-electron chi connectivity index (χ2n) is 10.8. The minimum atomic E-state index is 0.303. The van der Waals surface area contributed by atoms with E-state index in [0.29, 0.717) is 28.6 Å². The Balaban J connectivity index is 1.76. The van der Waals surface area contributed by atoms with Gasteiger partial charge in [-0.3, -0.25) is 0 Å². The quantitative estimate of drug-likeness (QED) is 0.106. The van der Waals surface area contributed by atoms with Crippen molar-refractivity contribution >= 4 is 16.6 Å². The maximum atomic E-state index is 6.84. The van der Waals surface area contributed by atoms with Crippen LogP contribution in [0.2, 0.25) is 0 Å². The van der Waals surface area contributed by atoms with Crippen molar-refractivity contribution in [2.45, 2.75) is 0 Å². The van der Waals surface area contributed by atoms with Gasteiger partial charge >= 0.3 is 0 Å². The van der Waals surface area contributed by atoms with Gasteiger partial charge in [-0.2, -0.15) is 0 Å². The third-order valence-corrected chi connectivity index (χ3v) is 7.95. The number of aliphatic imine (C=N–C) groups is 1. The van der Waals surface area contributed by atoms with E-state index in [2.05, 4.69) is 96.5 Å². The number of aromatic nitrogens is 4. The Hall–Kier alpha value is -6.53. The van der Waals surface area contributed by atoms with Crippen LogP contribution in [0.15, 0.2) is 170 Å². The SMILES string of the molecule is C=C/C=C\N=C(N)c1cc2c(-c3ccccc3)c(-c3ccccc3)c(-c3ccccc3)cc2c(-c2ncccn2)c1-c1ncccn1. The summed E-state index contributed by atoms with van der Waals surface area (Å²) in [6.45, 7) is 3.77. The molecule has 6 nitrogen and oxygen atoms in total. The number of nitrogens with two attached hydrogens (primary N) is 1. The maximum absolute atomic E-state index is 6.84. The fraction of sp³-hybridized carbons (Fsp3) is 0. The van der Waals surface area contributed by atoms with E-state index in [1.807, 2.05) is 24.3 Å². The molecule has 7 aromatic rings. The van der Waals surface area contributed by atoms with E-state index in [9.17, 15) is 0 Å². The minimum Gasteiger partial charge on any atom is -0.383 e. The summed E-state index contributed by atoms with van der Waals surface area (Å²) in [6, 6.07) is 39.4. The molecule has 7 rings (SSSR count). The Morgan fingerprint density at radius 1 is 0.553 bits per heavy atom. The van der Waals surface area contributed by atoms with Crippen LogP contribution < -0.4 is 5.73 Å². The summed E-state index contributed by atoms with van der Waals surface area (Å²) in [5.74, 6) is 1.33. The van der Waals surface area contributed by atoms with Crippen LogP contribution in [0.3, 0.4) is 0 Å². The van der Waals surface area contributed by atoms with Gasteiger partial charge in [0.2, 0.25) is 0 Å². The van der Waals surface area contributed by atoms with Crippen molar-refractivity contribution in [3.8, 4) is 56.2 Å². The smallest absolute Gasteiger partial charge is 0.160 e. The largest absolute Gasteiger partial charge is 0.383 e. The molecule has 2 aromatic heterocycles. The van der Waals surface area contributed by atoms with Crippen LogP contribution in [0.4, 0.5) is 0 Å². The molecule has 0 saturated carbocycles. The number of rotatable bonds is 8. The summed E-state index contributed by atoms with van der Waals surface area (Å²) >= 11 is 0. The topological polar surface area (TPSA) is 89.9 Å². The number of hydrogen-bond donors (Lipinski definition) is 1. The molecule has 0 atom stereocenters. The van der Waals surface area contributed by atoms with Crippen LogP contribution in [0.25, 0.3) is 66.9 Å². The lowest BCUT2D eigenvalue weighted by Crippen LogP contribution is -2.16. The van der Waals surface area contributed by atoms with Crippen LogP contribution in [0.1, 0.15) is 5.56 Å². The summed E-state index contributed by atoms with van der Waals surface area (Å²) in [7, 11) is 0. The highest BCUT2D eigenvalue weighted by Gasteiger charge is 2.27. The molecule has 5 aromatic carbocycles. The second-order valence-corrected chi connectivity index (χ2v) is 10.8.